The Morgan fingerprint density at radius 2 is 2.07 bits per heavy atom. The predicted octanol–water partition coefficient (Wildman–Crippen LogP) is 2.05. The number of para-hydroxylation sites is 1. The number of fused-ring (bicyclic) bond motifs is 1. The summed E-state index contributed by atoms with van der Waals surface area (Å²) in [4.78, 5) is 35.5. The molecule has 3 heterocycles. The number of rotatable bonds is 6. The van der Waals surface area contributed by atoms with E-state index in [1.807, 2.05) is 0 Å². The molecule has 1 amide bonds. The Kier molecular flexibility index (Phi) is 5.81. The molecule has 1 aromatic carbocycles. The number of H-pyrrole nitrogens is 1. The maximum atomic E-state index is 12.4. The molecule has 2 N–H and O–H groups in total. The summed E-state index contributed by atoms with van der Waals surface area (Å²) in [6.07, 6.45) is 3.64. The standard InChI is InChI=1S/C21H22N4O4/c26-20-16-3-1-2-4-17(16)24-19(25-20)21(27)23-12-15-5-8-22-18(11-15)29-13-14-6-9-28-10-7-14/h1-5,8,11,14H,6-7,9-10,12-13H2,(H,23,27)(H,24,25,26). The van der Waals surface area contributed by atoms with Crippen molar-refractivity contribution in [1.82, 2.24) is 20.3 Å². The van der Waals surface area contributed by atoms with Crippen LogP contribution in [0.5, 0.6) is 5.88 Å². The highest BCUT2D eigenvalue weighted by molar-refractivity contribution is 5.92. The lowest BCUT2D eigenvalue weighted by Crippen LogP contribution is -2.27. The molecule has 3 aromatic rings. The lowest BCUT2D eigenvalue weighted by Gasteiger charge is -2.21. The van der Waals surface area contributed by atoms with Crippen molar-refractivity contribution in [3.05, 3.63) is 64.3 Å². The first kappa shape index (κ1) is 19.1. The minimum absolute atomic E-state index is 0.0150. The zero-order valence-electron chi connectivity index (χ0n) is 15.9. The molecule has 150 valence electrons. The molecule has 0 spiro atoms. The number of pyridine rings is 1. The van der Waals surface area contributed by atoms with E-state index in [1.165, 1.54) is 0 Å². The van der Waals surface area contributed by atoms with Gasteiger partial charge in [-0.1, -0.05) is 12.1 Å². The number of carbonyl (C=O) groups is 1. The molecule has 0 saturated carbocycles. The van der Waals surface area contributed by atoms with Gasteiger partial charge >= 0.3 is 0 Å². The first-order chi connectivity index (χ1) is 14.2. The molecular formula is C21H22N4O4. The van der Waals surface area contributed by atoms with E-state index in [9.17, 15) is 9.59 Å². The fourth-order valence-electron chi connectivity index (χ4n) is 3.22. The lowest BCUT2D eigenvalue weighted by atomic mass is 10.0. The molecule has 8 nitrogen and oxygen atoms in total. The number of carbonyl (C=O) groups excluding carboxylic acids is 1. The van der Waals surface area contributed by atoms with Crippen molar-refractivity contribution in [2.75, 3.05) is 19.8 Å². The lowest BCUT2D eigenvalue weighted by molar-refractivity contribution is 0.0490. The van der Waals surface area contributed by atoms with Crippen LogP contribution in [0.1, 0.15) is 29.0 Å². The minimum Gasteiger partial charge on any atom is -0.477 e. The van der Waals surface area contributed by atoms with Crippen LogP contribution in [-0.4, -0.2) is 40.7 Å². The summed E-state index contributed by atoms with van der Waals surface area (Å²) in [7, 11) is 0. The Morgan fingerprint density at radius 3 is 2.93 bits per heavy atom. The second-order valence-electron chi connectivity index (χ2n) is 6.98. The van der Waals surface area contributed by atoms with Crippen molar-refractivity contribution in [3.8, 4) is 5.88 Å². The van der Waals surface area contributed by atoms with E-state index in [2.05, 4.69) is 20.3 Å². The van der Waals surface area contributed by atoms with Gasteiger partial charge in [-0.05, 0) is 42.5 Å². The van der Waals surface area contributed by atoms with Gasteiger partial charge in [0.05, 0.1) is 17.5 Å². The number of ether oxygens (including phenoxy) is 2. The Balaban J connectivity index is 1.37. The van der Waals surface area contributed by atoms with Gasteiger partial charge in [-0.15, -0.1) is 0 Å². The van der Waals surface area contributed by atoms with Crippen LogP contribution < -0.4 is 15.6 Å². The largest absolute Gasteiger partial charge is 0.477 e. The first-order valence-electron chi connectivity index (χ1n) is 9.62. The van der Waals surface area contributed by atoms with Crippen molar-refractivity contribution in [2.24, 2.45) is 5.92 Å². The summed E-state index contributed by atoms with van der Waals surface area (Å²) < 4.78 is 11.2. The number of nitrogens with zero attached hydrogens (tertiary/aromatic N) is 2. The average molecular weight is 394 g/mol. The Morgan fingerprint density at radius 1 is 1.24 bits per heavy atom. The second kappa shape index (κ2) is 8.83. The molecule has 1 aliphatic heterocycles. The van der Waals surface area contributed by atoms with Crippen molar-refractivity contribution in [1.29, 1.82) is 0 Å². The number of hydrogen-bond donors (Lipinski definition) is 2. The third-order valence-electron chi connectivity index (χ3n) is 4.89. The van der Waals surface area contributed by atoms with Crippen LogP contribution in [0, 0.1) is 5.92 Å². The average Bonchev–Trinajstić information content (AvgIpc) is 2.77. The molecule has 29 heavy (non-hydrogen) atoms. The molecule has 0 atom stereocenters. The van der Waals surface area contributed by atoms with Gasteiger partial charge in [-0.3, -0.25) is 9.59 Å². The van der Waals surface area contributed by atoms with Crippen LogP contribution in [0.15, 0.2) is 47.4 Å². The Labute approximate surface area is 167 Å². The molecule has 1 saturated heterocycles. The molecule has 2 aromatic heterocycles. The van der Waals surface area contributed by atoms with Crippen molar-refractivity contribution in [3.63, 3.8) is 0 Å². The van der Waals surface area contributed by atoms with Gasteiger partial charge in [0.15, 0.2) is 5.82 Å². The predicted molar refractivity (Wildman–Crippen MR) is 107 cm³/mol. The molecule has 1 aliphatic rings. The van der Waals surface area contributed by atoms with Gasteiger partial charge in [0.25, 0.3) is 11.5 Å². The zero-order chi connectivity index (χ0) is 20.1. The molecule has 4 rings (SSSR count). The smallest absolute Gasteiger partial charge is 0.287 e. The third-order valence-corrected chi connectivity index (χ3v) is 4.89. The summed E-state index contributed by atoms with van der Waals surface area (Å²) >= 11 is 0. The van der Waals surface area contributed by atoms with E-state index in [1.54, 1.807) is 42.6 Å². The summed E-state index contributed by atoms with van der Waals surface area (Å²) in [5, 5.41) is 3.22. The van der Waals surface area contributed by atoms with E-state index < -0.39 is 5.91 Å². The van der Waals surface area contributed by atoms with Crippen LogP contribution >= 0.6 is 0 Å². The fourth-order valence-corrected chi connectivity index (χ4v) is 3.22. The van der Waals surface area contributed by atoms with Gasteiger partial charge in [0, 0.05) is 32.0 Å². The molecular weight excluding hydrogens is 372 g/mol. The van der Waals surface area contributed by atoms with Gasteiger partial charge in [-0.2, -0.15) is 0 Å². The number of nitrogens with one attached hydrogen (secondary N) is 2. The number of hydrogen-bond acceptors (Lipinski definition) is 6. The van der Waals surface area contributed by atoms with Gasteiger partial charge in [0.1, 0.15) is 0 Å². The third kappa shape index (κ3) is 4.78. The van der Waals surface area contributed by atoms with Crippen molar-refractivity contribution < 1.29 is 14.3 Å². The molecule has 0 radical (unpaired) electrons. The van der Waals surface area contributed by atoms with Gasteiger partial charge in [0.2, 0.25) is 5.88 Å². The molecule has 0 aliphatic carbocycles. The summed E-state index contributed by atoms with van der Waals surface area (Å²) in [5.41, 5.74) is 0.987. The first-order valence-corrected chi connectivity index (χ1v) is 9.62. The molecule has 8 heteroatoms. The number of aromatic nitrogens is 3. The van der Waals surface area contributed by atoms with Crippen molar-refractivity contribution >= 4 is 16.8 Å². The van der Waals surface area contributed by atoms with E-state index >= 15 is 0 Å². The summed E-state index contributed by atoms with van der Waals surface area (Å²) in [6.45, 7) is 2.43. The zero-order valence-corrected chi connectivity index (χ0v) is 15.9. The molecule has 1 fully saturated rings. The molecule has 0 bridgehead atoms. The fraction of sp³-hybridized carbons (Fsp3) is 0.333. The summed E-state index contributed by atoms with van der Waals surface area (Å²) in [6, 6.07) is 10.5. The maximum absolute atomic E-state index is 12.4. The van der Waals surface area contributed by atoms with Crippen LogP contribution in [0.4, 0.5) is 0 Å². The van der Waals surface area contributed by atoms with Gasteiger partial charge < -0.3 is 19.8 Å². The van der Waals surface area contributed by atoms with Crippen LogP contribution in [0.25, 0.3) is 10.9 Å². The summed E-state index contributed by atoms with van der Waals surface area (Å²) in [5.74, 6) is 0.540. The van der Waals surface area contributed by atoms with Gasteiger partial charge in [-0.25, -0.2) is 9.97 Å². The Hall–Kier alpha value is -3.26. The molecule has 0 unspecified atom stereocenters. The Bertz CT molecular complexity index is 1060. The number of aromatic amines is 1. The van der Waals surface area contributed by atoms with E-state index in [0.29, 0.717) is 29.3 Å². The number of amides is 1. The van der Waals surface area contributed by atoms with Crippen molar-refractivity contribution in [2.45, 2.75) is 19.4 Å². The van der Waals surface area contributed by atoms with E-state index in [4.69, 9.17) is 9.47 Å². The quantitative estimate of drug-likeness (QED) is 0.663. The second-order valence-corrected chi connectivity index (χ2v) is 6.98. The van der Waals surface area contributed by atoms with Crippen LogP contribution in [-0.2, 0) is 11.3 Å². The maximum Gasteiger partial charge on any atom is 0.287 e. The SMILES string of the molecule is O=C(NCc1ccnc(OCC2CCOCC2)c1)c1nc2ccccc2c(=O)[nH]1. The highest BCUT2D eigenvalue weighted by Crippen LogP contribution is 2.17. The minimum atomic E-state index is -0.450. The van der Waals surface area contributed by atoms with Crippen LogP contribution in [0.3, 0.4) is 0 Å². The van der Waals surface area contributed by atoms with E-state index in [0.717, 1.165) is 31.6 Å². The topological polar surface area (TPSA) is 106 Å². The van der Waals surface area contributed by atoms with E-state index in [-0.39, 0.29) is 17.9 Å². The number of benzene rings is 1. The normalized spacial score (nSPS) is 14.6. The monoisotopic (exact) mass is 394 g/mol. The van der Waals surface area contributed by atoms with Crippen LogP contribution in [0.2, 0.25) is 0 Å². The highest BCUT2D eigenvalue weighted by atomic mass is 16.5. The highest BCUT2D eigenvalue weighted by Gasteiger charge is 2.15.